The molecule has 0 bridgehead atoms. The van der Waals surface area contributed by atoms with Crippen molar-refractivity contribution in [2.45, 2.75) is 84.7 Å². The fourth-order valence-electron chi connectivity index (χ4n) is 3.97. The normalized spacial score (nSPS) is 21.1. The van der Waals surface area contributed by atoms with Crippen molar-refractivity contribution in [1.29, 1.82) is 0 Å². The van der Waals surface area contributed by atoms with E-state index in [9.17, 15) is 4.79 Å². The SMILES string of the molecule is CCNC(=NCCNC(=O)C(C)(C)C)NC1CCN(C2CCCCC2)CC1. The van der Waals surface area contributed by atoms with Crippen molar-refractivity contribution in [1.82, 2.24) is 20.9 Å². The van der Waals surface area contributed by atoms with Crippen molar-refractivity contribution in [2.75, 3.05) is 32.7 Å². The molecule has 2 aliphatic rings. The first kappa shape index (κ1) is 22.0. The molecule has 1 saturated carbocycles. The van der Waals surface area contributed by atoms with Gasteiger partial charge in [-0.05, 0) is 32.6 Å². The molecule has 2 rings (SSSR count). The molecule has 1 heterocycles. The molecule has 1 aliphatic carbocycles. The third-order valence-corrected chi connectivity index (χ3v) is 5.65. The zero-order valence-corrected chi connectivity index (χ0v) is 17.9. The Morgan fingerprint density at radius 3 is 2.30 bits per heavy atom. The van der Waals surface area contributed by atoms with Crippen LogP contribution in [0.2, 0.25) is 0 Å². The van der Waals surface area contributed by atoms with Crippen molar-refractivity contribution in [3.8, 4) is 0 Å². The molecule has 0 atom stereocenters. The van der Waals surface area contributed by atoms with Crippen molar-refractivity contribution < 1.29 is 4.79 Å². The fourth-order valence-corrected chi connectivity index (χ4v) is 3.97. The van der Waals surface area contributed by atoms with Crippen LogP contribution in [0.4, 0.5) is 0 Å². The van der Waals surface area contributed by atoms with E-state index in [1.165, 1.54) is 58.0 Å². The molecule has 0 unspecified atom stereocenters. The standard InChI is InChI=1S/C21H41N5O/c1-5-22-20(24-14-13-23-19(27)21(2,3)4)25-17-11-15-26(16-12-17)18-9-7-6-8-10-18/h17-18H,5-16H2,1-4H3,(H,23,27)(H2,22,24,25). The van der Waals surface area contributed by atoms with Crippen molar-refractivity contribution in [3.63, 3.8) is 0 Å². The molecule has 0 aromatic heterocycles. The first-order valence-corrected chi connectivity index (χ1v) is 11.0. The monoisotopic (exact) mass is 379 g/mol. The van der Waals surface area contributed by atoms with E-state index in [1.807, 2.05) is 20.8 Å². The van der Waals surface area contributed by atoms with Gasteiger partial charge in [-0.15, -0.1) is 0 Å². The fraction of sp³-hybridized carbons (Fsp3) is 0.905. The maximum Gasteiger partial charge on any atom is 0.225 e. The number of nitrogens with zero attached hydrogens (tertiary/aromatic N) is 2. The Hall–Kier alpha value is -1.30. The van der Waals surface area contributed by atoms with Crippen LogP contribution in [-0.2, 0) is 4.79 Å². The van der Waals surface area contributed by atoms with Crippen LogP contribution < -0.4 is 16.0 Å². The average molecular weight is 380 g/mol. The lowest BCUT2D eigenvalue weighted by Crippen LogP contribution is -2.51. The summed E-state index contributed by atoms with van der Waals surface area (Å²) in [6.45, 7) is 12.3. The van der Waals surface area contributed by atoms with Gasteiger partial charge in [-0.25, -0.2) is 0 Å². The van der Waals surface area contributed by atoms with Crippen LogP contribution in [0, 0.1) is 5.41 Å². The summed E-state index contributed by atoms with van der Waals surface area (Å²) in [5.41, 5.74) is -0.348. The smallest absolute Gasteiger partial charge is 0.225 e. The van der Waals surface area contributed by atoms with Gasteiger partial charge in [0, 0.05) is 43.7 Å². The minimum absolute atomic E-state index is 0.0748. The molecule has 1 saturated heterocycles. The minimum atomic E-state index is -0.348. The number of rotatable bonds is 6. The van der Waals surface area contributed by atoms with Crippen LogP contribution >= 0.6 is 0 Å². The number of hydrogen-bond donors (Lipinski definition) is 3. The van der Waals surface area contributed by atoms with Gasteiger partial charge in [0.25, 0.3) is 0 Å². The number of nitrogens with one attached hydrogen (secondary N) is 3. The van der Waals surface area contributed by atoms with Crippen LogP contribution in [0.3, 0.4) is 0 Å². The second-order valence-electron chi connectivity index (χ2n) is 9.01. The number of aliphatic imine (C=N–C) groups is 1. The zero-order chi connectivity index (χ0) is 19.7. The second kappa shape index (κ2) is 10.9. The Morgan fingerprint density at radius 2 is 1.70 bits per heavy atom. The molecular weight excluding hydrogens is 338 g/mol. The molecule has 2 fully saturated rings. The van der Waals surface area contributed by atoms with E-state index in [-0.39, 0.29) is 11.3 Å². The minimum Gasteiger partial charge on any atom is -0.357 e. The number of piperidine rings is 1. The first-order valence-electron chi connectivity index (χ1n) is 11.0. The molecule has 1 amide bonds. The second-order valence-corrected chi connectivity index (χ2v) is 9.01. The molecule has 0 radical (unpaired) electrons. The number of hydrogen-bond acceptors (Lipinski definition) is 3. The maximum absolute atomic E-state index is 11.9. The predicted molar refractivity (Wildman–Crippen MR) is 113 cm³/mol. The summed E-state index contributed by atoms with van der Waals surface area (Å²) in [5, 5.41) is 9.89. The van der Waals surface area contributed by atoms with Crippen molar-refractivity contribution in [2.24, 2.45) is 10.4 Å². The Balaban J connectivity index is 1.72. The van der Waals surface area contributed by atoms with E-state index in [2.05, 4.69) is 32.8 Å². The van der Waals surface area contributed by atoms with E-state index in [4.69, 9.17) is 0 Å². The lowest BCUT2D eigenvalue weighted by atomic mass is 9.92. The number of carbonyl (C=O) groups is 1. The molecular formula is C21H41N5O. The number of guanidine groups is 1. The summed E-state index contributed by atoms with van der Waals surface area (Å²) in [6.07, 6.45) is 9.39. The number of amides is 1. The molecule has 6 heteroatoms. The van der Waals surface area contributed by atoms with E-state index in [1.54, 1.807) is 0 Å². The first-order chi connectivity index (χ1) is 12.9. The number of likely N-dealkylation sites (tertiary alicyclic amines) is 1. The Kier molecular flexibility index (Phi) is 8.87. The van der Waals surface area contributed by atoms with Gasteiger partial charge in [0.05, 0.1) is 6.54 Å². The van der Waals surface area contributed by atoms with Gasteiger partial charge in [-0.1, -0.05) is 40.0 Å². The van der Waals surface area contributed by atoms with Gasteiger partial charge in [0.15, 0.2) is 5.96 Å². The molecule has 1 aliphatic heterocycles. The van der Waals surface area contributed by atoms with Crippen LogP contribution in [0.1, 0.15) is 72.6 Å². The molecule has 0 aromatic rings. The largest absolute Gasteiger partial charge is 0.357 e. The Morgan fingerprint density at radius 1 is 1.04 bits per heavy atom. The molecule has 3 N–H and O–H groups in total. The average Bonchev–Trinajstić information content (AvgIpc) is 2.65. The summed E-state index contributed by atoms with van der Waals surface area (Å²) in [7, 11) is 0. The molecule has 156 valence electrons. The van der Waals surface area contributed by atoms with Gasteiger partial charge in [-0.3, -0.25) is 9.79 Å². The van der Waals surface area contributed by atoms with Crippen LogP contribution in [0.5, 0.6) is 0 Å². The highest BCUT2D eigenvalue weighted by molar-refractivity contribution is 5.81. The summed E-state index contributed by atoms with van der Waals surface area (Å²) < 4.78 is 0. The highest BCUT2D eigenvalue weighted by Crippen LogP contribution is 2.25. The van der Waals surface area contributed by atoms with Crippen LogP contribution in [-0.4, -0.2) is 61.6 Å². The van der Waals surface area contributed by atoms with E-state index in [0.29, 0.717) is 19.1 Å². The molecule has 27 heavy (non-hydrogen) atoms. The van der Waals surface area contributed by atoms with Gasteiger partial charge in [-0.2, -0.15) is 0 Å². The molecule has 6 nitrogen and oxygen atoms in total. The van der Waals surface area contributed by atoms with Crippen LogP contribution in [0.15, 0.2) is 4.99 Å². The molecule has 0 spiro atoms. The lowest BCUT2D eigenvalue weighted by molar-refractivity contribution is -0.128. The quantitative estimate of drug-likeness (QED) is 0.377. The molecule has 0 aromatic carbocycles. The van der Waals surface area contributed by atoms with Crippen molar-refractivity contribution in [3.05, 3.63) is 0 Å². The maximum atomic E-state index is 11.9. The lowest BCUT2D eigenvalue weighted by Gasteiger charge is -2.39. The summed E-state index contributed by atoms with van der Waals surface area (Å²) in [5.74, 6) is 0.948. The van der Waals surface area contributed by atoms with E-state index < -0.39 is 0 Å². The van der Waals surface area contributed by atoms with Crippen molar-refractivity contribution >= 4 is 11.9 Å². The third kappa shape index (κ3) is 7.68. The van der Waals surface area contributed by atoms with Gasteiger partial charge < -0.3 is 20.9 Å². The Bertz CT molecular complexity index is 471. The van der Waals surface area contributed by atoms with E-state index >= 15 is 0 Å². The predicted octanol–water partition coefficient (Wildman–Crippen LogP) is 2.50. The van der Waals surface area contributed by atoms with Gasteiger partial charge in [0.1, 0.15) is 0 Å². The van der Waals surface area contributed by atoms with Gasteiger partial charge in [0.2, 0.25) is 5.91 Å². The summed E-state index contributed by atoms with van der Waals surface area (Å²) >= 11 is 0. The van der Waals surface area contributed by atoms with Gasteiger partial charge >= 0.3 is 0 Å². The zero-order valence-electron chi connectivity index (χ0n) is 17.9. The summed E-state index contributed by atoms with van der Waals surface area (Å²) in [6, 6.07) is 1.32. The third-order valence-electron chi connectivity index (χ3n) is 5.65. The highest BCUT2D eigenvalue weighted by atomic mass is 16.2. The topological polar surface area (TPSA) is 68.8 Å². The van der Waals surface area contributed by atoms with E-state index in [0.717, 1.165) is 18.5 Å². The number of carbonyl (C=O) groups excluding carboxylic acids is 1. The Labute approximate surface area is 165 Å². The van der Waals surface area contributed by atoms with Crippen LogP contribution in [0.25, 0.3) is 0 Å². The highest BCUT2D eigenvalue weighted by Gasteiger charge is 2.26. The summed E-state index contributed by atoms with van der Waals surface area (Å²) in [4.78, 5) is 19.3.